The Hall–Kier alpha value is -3.14. The first kappa shape index (κ1) is 14.8. The number of benzene rings is 2. The van der Waals surface area contributed by atoms with Gasteiger partial charge in [0.1, 0.15) is 12.4 Å². The van der Waals surface area contributed by atoms with Crippen molar-refractivity contribution in [1.29, 1.82) is 0 Å². The summed E-state index contributed by atoms with van der Waals surface area (Å²) in [6, 6.07) is 23.2. The summed E-state index contributed by atoms with van der Waals surface area (Å²) in [6.45, 7) is 0.227. The average Bonchev–Trinajstić information content (AvgIpc) is 2.62. The molecule has 2 aromatic carbocycles. The molecule has 1 aromatic heterocycles. The maximum atomic E-state index is 11.9. The molecule has 1 N–H and O–H groups in total. The summed E-state index contributed by atoms with van der Waals surface area (Å²) in [5.41, 5.74) is 2.99. The van der Waals surface area contributed by atoms with Crippen LogP contribution in [0.4, 0.5) is 10.6 Å². The number of nitrogens with zero attached hydrogens (tertiary/aromatic N) is 1. The van der Waals surface area contributed by atoms with Crippen LogP contribution < -0.4 is 5.32 Å². The van der Waals surface area contributed by atoms with E-state index in [1.165, 1.54) is 0 Å². The third kappa shape index (κ3) is 4.17. The van der Waals surface area contributed by atoms with Gasteiger partial charge in [-0.25, -0.2) is 9.78 Å². The van der Waals surface area contributed by atoms with Crippen molar-refractivity contribution in [3.8, 4) is 11.1 Å². The summed E-state index contributed by atoms with van der Waals surface area (Å²) in [5, 5.41) is 2.65. The highest BCUT2D eigenvalue weighted by Crippen LogP contribution is 2.20. The largest absolute Gasteiger partial charge is 0.444 e. The van der Waals surface area contributed by atoms with Crippen molar-refractivity contribution in [3.63, 3.8) is 0 Å². The zero-order valence-corrected chi connectivity index (χ0v) is 12.5. The van der Waals surface area contributed by atoms with Crippen LogP contribution in [0.1, 0.15) is 5.56 Å². The molecule has 4 nitrogen and oxygen atoms in total. The number of amides is 1. The average molecular weight is 304 g/mol. The topological polar surface area (TPSA) is 51.2 Å². The summed E-state index contributed by atoms with van der Waals surface area (Å²) in [5.74, 6) is 0.462. The van der Waals surface area contributed by atoms with Gasteiger partial charge in [0.05, 0.1) is 0 Å². The summed E-state index contributed by atoms with van der Waals surface area (Å²) in [6.07, 6.45) is 1.14. The minimum atomic E-state index is -0.522. The van der Waals surface area contributed by atoms with E-state index in [0.717, 1.165) is 16.7 Å². The maximum absolute atomic E-state index is 11.9. The van der Waals surface area contributed by atoms with E-state index in [4.69, 9.17) is 4.74 Å². The molecule has 0 fully saturated rings. The van der Waals surface area contributed by atoms with Crippen molar-refractivity contribution >= 4 is 11.9 Å². The summed E-state index contributed by atoms with van der Waals surface area (Å²) in [4.78, 5) is 16.0. The van der Waals surface area contributed by atoms with E-state index in [2.05, 4.69) is 10.3 Å². The Morgan fingerprint density at radius 1 is 0.913 bits per heavy atom. The monoisotopic (exact) mass is 304 g/mol. The maximum Gasteiger partial charge on any atom is 0.413 e. The van der Waals surface area contributed by atoms with Crippen LogP contribution in [0.3, 0.4) is 0 Å². The number of hydrogen-bond donors (Lipinski definition) is 1. The fraction of sp³-hybridized carbons (Fsp3) is 0.0526. The van der Waals surface area contributed by atoms with Crippen LogP contribution in [0.2, 0.25) is 0 Å². The zero-order valence-electron chi connectivity index (χ0n) is 12.5. The molecule has 0 aliphatic carbocycles. The molecule has 1 amide bonds. The van der Waals surface area contributed by atoms with Crippen molar-refractivity contribution in [2.24, 2.45) is 0 Å². The van der Waals surface area contributed by atoms with Crippen LogP contribution in [0.25, 0.3) is 11.1 Å². The normalized spacial score (nSPS) is 10.1. The van der Waals surface area contributed by atoms with Crippen LogP contribution >= 0.6 is 0 Å². The Balaban J connectivity index is 1.63. The highest BCUT2D eigenvalue weighted by Gasteiger charge is 2.06. The van der Waals surface area contributed by atoms with E-state index < -0.39 is 6.09 Å². The molecule has 1 heterocycles. The van der Waals surface area contributed by atoms with E-state index in [0.29, 0.717) is 5.82 Å². The van der Waals surface area contributed by atoms with E-state index in [-0.39, 0.29) is 6.61 Å². The molecule has 0 bridgehead atoms. The molecule has 0 spiro atoms. The molecule has 0 atom stereocenters. The first-order valence-electron chi connectivity index (χ1n) is 7.30. The van der Waals surface area contributed by atoms with Gasteiger partial charge in [-0.2, -0.15) is 0 Å². The second-order valence-corrected chi connectivity index (χ2v) is 4.98. The minimum Gasteiger partial charge on any atom is -0.444 e. The Bertz CT molecular complexity index is 774. The lowest BCUT2D eigenvalue weighted by molar-refractivity contribution is 0.155. The van der Waals surface area contributed by atoms with Crippen molar-refractivity contribution in [2.75, 3.05) is 5.32 Å². The number of carbonyl (C=O) groups is 1. The van der Waals surface area contributed by atoms with Crippen molar-refractivity contribution in [1.82, 2.24) is 4.98 Å². The lowest BCUT2D eigenvalue weighted by Crippen LogP contribution is -2.14. The van der Waals surface area contributed by atoms with Crippen LogP contribution in [0.5, 0.6) is 0 Å². The molecule has 4 heteroatoms. The molecule has 23 heavy (non-hydrogen) atoms. The third-order valence-electron chi connectivity index (χ3n) is 3.31. The smallest absolute Gasteiger partial charge is 0.413 e. The molecule has 0 saturated heterocycles. The number of carbonyl (C=O) groups excluding carboxylic acids is 1. The summed E-state index contributed by atoms with van der Waals surface area (Å²) in [7, 11) is 0. The fourth-order valence-corrected chi connectivity index (χ4v) is 2.17. The number of rotatable bonds is 4. The van der Waals surface area contributed by atoms with Gasteiger partial charge in [0.2, 0.25) is 0 Å². The highest BCUT2D eigenvalue weighted by atomic mass is 16.5. The van der Waals surface area contributed by atoms with Crippen LogP contribution in [0.15, 0.2) is 79.0 Å². The van der Waals surface area contributed by atoms with E-state index in [1.807, 2.05) is 72.8 Å². The first-order chi connectivity index (χ1) is 11.3. The zero-order chi connectivity index (χ0) is 15.9. The quantitative estimate of drug-likeness (QED) is 0.772. The molecule has 114 valence electrons. The standard InChI is InChI=1S/C19H16N2O2/c22-19(23-14-15-7-3-1-4-8-15)21-18-13-17(11-12-20-18)16-9-5-2-6-10-16/h1-13H,14H2,(H,20,21,22). The van der Waals surface area contributed by atoms with Crippen molar-refractivity contribution < 1.29 is 9.53 Å². The number of ether oxygens (including phenoxy) is 1. The molecular formula is C19H16N2O2. The Morgan fingerprint density at radius 2 is 1.61 bits per heavy atom. The molecular weight excluding hydrogens is 288 g/mol. The number of nitrogens with one attached hydrogen (secondary N) is 1. The number of aromatic nitrogens is 1. The van der Waals surface area contributed by atoms with Gasteiger partial charge >= 0.3 is 6.09 Å². The van der Waals surface area contributed by atoms with E-state index >= 15 is 0 Å². The second-order valence-electron chi connectivity index (χ2n) is 4.98. The Kier molecular flexibility index (Phi) is 4.64. The Labute approximate surface area is 134 Å². The lowest BCUT2D eigenvalue weighted by Gasteiger charge is -2.08. The molecule has 3 aromatic rings. The first-order valence-corrected chi connectivity index (χ1v) is 7.30. The van der Waals surface area contributed by atoms with Crippen molar-refractivity contribution in [2.45, 2.75) is 6.61 Å². The van der Waals surface area contributed by atoms with Crippen LogP contribution in [0, 0.1) is 0 Å². The number of anilines is 1. The number of hydrogen-bond acceptors (Lipinski definition) is 3. The Morgan fingerprint density at radius 3 is 2.35 bits per heavy atom. The minimum absolute atomic E-state index is 0.227. The van der Waals surface area contributed by atoms with E-state index in [1.54, 1.807) is 6.20 Å². The summed E-state index contributed by atoms with van der Waals surface area (Å²) >= 11 is 0. The predicted molar refractivity (Wildman–Crippen MR) is 89.9 cm³/mol. The van der Waals surface area contributed by atoms with Gasteiger partial charge in [0.25, 0.3) is 0 Å². The molecule has 0 radical (unpaired) electrons. The molecule has 0 unspecified atom stereocenters. The van der Waals surface area contributed by atoms with Crippen LogP contribution in [-0.4, -0.2) is 11.1 Å². The third-order valence-corrected chi connectivity index (χ3v) is 3.31. The van der Waals surface area contributed by atoms with Gasteiger partial charge < -0.3 is 4.74 Å². The molecule has 0 aliphatic rings. The SMILES string of the molecule is O=C(Nc1cc(-c2ccccc2)ccn1)OCc1ccccc1. The fourth-order valence-electron chi connectivity index (χ4n) is 2.17. The van der Waals surface area contributed by atoms with E-state index in [9.17, 15) is 4.79 Å². The second kappa shape index (κ2) is 7.22. The molecule has 0 aliphatic heterocycles. The van der Waals surface area contributed by atoms with Crippen molar-refractivity contribution in [3.05, 3.63) is 84.6 Å². The van der Waals surface area contributed by atoms with Gasteiger partial charge in [0.15, 0.2) is 0 Å². The van der Waals surface area contributed by atoms with Gasteiger partial charge in [-0.05, 0) is 28.8 Å². The molecule has 3 rings (SSSR count). The van der Waals surface area contributed by atoms with Gasteiger partial charge in [0, 0.05) is 6.20 Å². The highest BCUT2D eigenvalue weighted by molar-refractivity contribution is 5.84. The van der Waals surface area contributed by atoms with Gasteiger partial charge in [-0.1, -0.05) is 60.7 Å². The lowest BCUT2D eigenvalue weighted by atomic mass is 10.1. The van der Waals surface area contributed by atoms with Crippen LogP contribution in [-0.2, 0) is 11.3 Å². The molecule has 0 saturated carbocycles. The number of pyridine rings is 1. The predicted octanol–water partition coefficient (Wildman–Crippen LogP) is 4.50. The van der Waals surface area contributed by atoms with Gasteiger partial charge in [-0.15, -0.1) is 0 Å². The summed E-state index contributed by atoms with van der Waals surface area (Å²) < 4.78 is 5.19. The van der Waals surface area contributed by atoms with Gasteiger partial charge in [-0.3, -0.25) is 5.32 Å².